The molecule has 0 saturated carbocycles. The van der Waals surface area contributed by atoms with E-state index in [1.807, 2.05) is 12.1 Å². The fourth-order valence-corrected chi connectivity index (χ4v) is 2.38. The maximum atomic E-state index is 11.8. The van der Waals surface area contributed by atoms with Crippen LogP contribution < -0.4 is 5.43 Å². The first-order valence-electron chi connectivity index (χ1n) is 7.05. The molecule has 5 heteroatoms. The first kappa shape index (κ1) is 14.0. The molecule has 0 aliphatic heterocycles. The first-order chi connectivity index (χ1) is 10.8. The Morgan fingerprint density at radius 1 is 1.18 bits per heavy atom. The Balaban J connectivity index is 1.86. The van der Waals surface area contributed by atoms with E-state index >= 15 is 0 Å². The lowest BCUT2D eigenvalue weighted by Crippen LogP contribution is -2.07. The largest absolute Gasteiger partial charge is 0.299 e. The molecule has 0 radical (unpaired) electrons. The zero-order chi connectivity index (χ0) is 15.4. The Hall–Kier alpha value is -3.00. The maximum Gasteiger partial charge on any atom is 0.137 e. The van der Waals surface area contributed by atoms with Gasteiger partial charge in [0.15, 0.2) is 0 Å². The number of pyridine rings is 1. The summed E-state index contributed by atoms with van der Waals surface area (Å²) in [5.41, 5.74) is 6.86. The molecule has 0 saturated heterocycles. The van der Waals surface area contributed by atoms with Crippen LogP contribution in [0.4, 0.5) is 5.69 Å². The number of nitrogens with zero attached hydrogens (tertiary/aromatic N) is 3. The van der Waals surface area contributed by atoms with Crippen molar-refractivity contribution in [2.45, 2.75) is 19.3 Å². The van der Waals surface area contributed by atoms with Crippen LogP contribution in [0.5, 0.6) is 0 Å². The highest BCUT2D eigenvalue weighted by Crippen LogP contribution is 2.18. The third kappa shape index (κ3) is 3.01. The van der Waals surface area contributed by atoms with Gasteiger partial charge in [-0.3, -0.25) is 15.2 Å². The molecule has 0 amide bonds. The molecular weight excluding hydrogens is 276 g/mol. The molecule has 0 atom stereocenters. The van der Waals surface area contributed by atoms with Gasteiger partial charge < -0.3 is 0 Å². The third-order valence-electron chi connectivity index (χ3n) is 3.53. The zero-order valence-corrected chi connectivity index (χ0v) is 11.9. The molecule has 108 valence electrons. The van der Waals surface area contributed by atoms with Crippen molar-refractivity contribution in [2.75, 3.05) is 5.43 Å². The van der Waals surface area contributed by atoms with Crippen LogP contribution in [0.3, 0.4) is 0 Å². The minimum atomic E-state index is 0.206. The van der Waals surface area contributed by atoms with E-state index in [2.05, 4.69) is 21.6 Å². The van der Waals surface area contributed by atoms with Crippen molar-refractivity contribution in [3.63, 3.8) is 0 Å². The second-order valence-corrected chi connectivity index (χ2v) is 5.09. The summed E-state index contributed by atoms with van der Waals surface area (Å²) in [5, 5.41) is 13.2. The summed E-state index contributed by atoms with van der Waals surface area (Å²) < 4.78 is 0. The Morgan fingerprint density at radius 2 is 2.00 bits per heavy atom. The number of hydrogen-bond donors (Lipinski definition) is 1. The lowest BCUT2D eigenvalue weighted by Gasteiger charge is -2.07. The lowest BCUT2D eigenvalue weighted by molar-refractivity contribution is -0.118. The van der Waals surface area contributed by atoms with Crippen molar-refractivity contribution in [1.29, 1.82) is 5.26 Å². The molecule has 5 nitrogen and oxygen atoms in total. The predicted octanol–water partition coefficient (Wildman–Crippen LogP) is 2.67. The number of rotatable bonds is 2. The number of anilines is 1. The van der Waals surface area contributed by atoms with Crippen molar-refractivity contribution < 1.29 is 4.79 Å². The van der Waals surface area contributed by atoms with Crippen molar-refractivity contribution in [1.82, 2.24) is 4.98 Å². The van der Waals surface area contributed by atoms with Crippen molar-refractivity contribution in [3.8, 4) is 6.07 Å². The van der Waals surface area contributed by atoms with Gasteiger partial charge in [-0.05, 0) is 35.9 Å². The van der Waals surface area contributed by atoms with Gasteiger partial charge >= 0.3 is 0 Å². The zero-order valence-electron chi connectivity index (χ0n) is 11.9. The monoisotopic (exact) mass is 290 g/mol. The minimum absolute atomic E-state index is 0.206. The van der Waals surface area contributed by atoms with Crippen LogP contribution in [-0.4, -0.2) is 16.5 Å². The molecule has 1 aromatic heterocycles. The van der Waals surface area contributed by atoms with Gasteiger partial charge in [0.1, 0.15) is 5.78 Å². The summed E-state index contributed by atoms with van der Waals surface area (Å²) >= 11 is 0. The highest BCUT2D eigenvalue weighted by atomic mass is 16.1. The number of nitrogens with one attached hydrogen (secondary N) is 1. The van der Waals surface area contributed by atoms with E-state index in [0.717, 1.165) is 22.7 Å². The third-order valence-corrected chi connectivity index (χ3v) is 3.53. The summed E-state index contributed by atoms with van der Waals surface area (Å²) in [6.07, 6.45) is 3.18. The Kier molecular flexibility index (Phi) is 3.92. The fourth-order valence-electron chi connectivity index (χ4n) is 2.38. The number of ketones is 1. The van der Waals surface area contributed by atoms with Crippen molar-refractivity contribution in [2.24, 2.45) is 5.10 Å². The van der Waals surface area contributed by atoms with Gasteiger partial charge in [-0.1, -0.05) is 6.07 Å². The van der Waals surface area contributed by atoms with Crippen LogP contribution in [0.2, 0.25) is 0 Å². The Bertz CT molecular complexity index is 772. The molecule has 0 unspecified atom stereocenters. The number of carbonyl (C=O) groups is 1. The number of benzene rings is 1. The van der Waals surface area contributed by atoms with E-state index in [-0.39, 0.29) is 5.78 Å². The van der Waals surface area contributed by atoms with Crippen LogP contribution in [0.25, 0.3) is 0 Å². The van der Waals surface area contributed by atoms with Crippen LogP contribution >= 0.6 is 0 Å². The minimum Gasteiger partial charge on any atom is -0.299 e. The summed E-state index contributed by atoms with van der Waals surface area (Å²) in [6.45, 7) is 0. The van der Waals surface area contributed by atoms with Gasteiger partial charge in [-0.25, -0.2) is 0 Å². The molecule has 0 bridgehead atoms. The number of Topliss-reactive ketones (excluding diaryl/α,β-unsaturated/α-hetero) is 1. The fraction of sp³-hybridized carbons (Fsp3) is 0.176. The summed E-state index contributed by atoms with van der Waals surface area (Å²) in [5.74, 6) is 0.206. The van der Waals surface area contributed by atoms with E-state index in [0.29, 0.717) is 24.8 Å². The Labute approximate surface area is 128 Å². The van der Waals surface area contributed by atoms with Gasteiger partial charge in [0.25, 0.3) is 0 Å². The van der Waals surface area contributed by atoms with E-state index in [1.165, 1.54) is 0 Å². The van der Waals surface area contributed by atoms with Gasteiger partial charge in [-0.2, -0.15) is 10.4 Å². The second-order valence-electron chi connectivity index (χ2n) is 5.09. The topological polar surface area (TPSA) is 78.1 Å². The average molecular weight is 290 g/mol. The molecule has 1 aliphatic rings. The molecule has 3 rings (SSSR count). The van der Waals surface area contributed by atoms with Gasteiger partial charge in [0, 0.05) is 25.5 Å². The molecular formula is C17H14N4O. The highest BCUT2D eigenvalue weighted by molar-refractivity contribution is 6.04. The van der Waals surface area contributed by atoms with E-state index in [9.17, 15) is 4.79 Å². The van der Waals surface area contributed by atoms with Gasteiger partial charge in [0.2, 0.25) is 0 Å². The highest BCUT2D eigenvalue weighted by Gasteiger charge is 2.19. The summed E-state index contributed by atoms with van der Waals surface area (Å²) in [4.78, 5) is 16.2. The smallest absolute Gasteiger partial charge is 0.137 e. The number of aromatic nitrogens is 1. The molecule has 1 N–H and O–H groups in total. The van der Waals surface area contributed by atoms with Crippen molar-refractivity contribution in [3.05, 3.63) is 59.4 Å². The van der Waals surface area contributed by atoms with Gasteiger partial charge in [0.05, 0.1) is 28.7 Å². The normalized spacial score (nSPS) is 15.8. The summed E-state index contributed by atoms with van der Waals surface area (Å²) in [6, 6.07) is 12.9. The molecule has 0 spiro atoms. The molecule has 1 heterocycles. The van der Waals surface area contributed by atoms with E-state index < -0.39 is 0 Å². The molecule has 1 aromatic carbocycles. The van der Waals surface area contributed by atoms with Crippen LogP contribution in [0, 0.1) is 11.3 Å². The van der Waals surface area contributed by atoms with E-state index in [1.54, 1.807) is 30.5 Å². The average Bonchev–Trinajstić information content (AvgIpc) is 2.72. The quantitative estimate of drug-likeness (QED) is 0.681. The van der Waals surface area contributed by atoms with Gasteiger partial charge in [-0.15, -0.1) is 0 Å². The lowest BCUT2D eigenvalue weighted by atomic mass is 10.1. The SMILES string of the molecule is N#Cc1ccc(NN=C2CCC(=O)Cc3cccnc32)cc1. The number of hydrazone groups is 1. The van der Waals surface area contributed by atoms with Crippen molar-refractivity contribution >= 4 is 17.2 Å². The number of carbonyl (C=O) groups excluding carboxylic acids is 1. The number of nitriles is 1. The van der Waals surface area contributed by atoms with Crippen LogP contribution in [0.15, 0.2) is 47.7 Å². The van der Waals surface area contributed by atoms with E-state index in [4.69, 9.17) is 5.26 Å². The molecule has 2 aromatic rings. The number of hydrogen-bond acceptors (Lipinski definition) is 5. The molecule has 1 aliphatic carbocycles. The predicted molar refractivity (Wildman–Crippen MR) is 83.5 cm³/mol. The molecule has 0 fully saturated rings. The number of fused-ring (bicyclic) bond motifs is 1. The maximum absolute atomic E-state index is 11.8. The van der Waals surface area contributed by atoms with Crippen LogP contribution in [-0.2, 0) is 11.2 Å². The van der Waals surface area contributed by atoms with Crippen LogP contribution in [0.1, 0.15) is 29.7 Å². The molecule has 22 heavy (non-hydrogen) atoms. The standard InChI is InChI=1S/C17H14N4O/c18-11-12-3-5-14(6-4-12)20-21-16-8-7-15(22)10-13-2-1-9-19-17(13)16/h1-6,9,20H,7-8,10H2. The Morgan fingerprint density at radius 3 is 2.77 bits per heavy atom. The second kappa shape index (κ2) is 6.19. The summed E-state index contributed by atoms with van der Waals surface area (Å²) in [7, 11) is 0. The first-order valence-corrected chi connectivity index (χ1v) is 7.05.